The maximum Gasteiger partial charge on any atom is 0.335 e. The van der Waals surface area contributed by atoms with Crippen LogP contribution in [0.4, 0.5) is 11.8 Å². The zero-order chi connectivity index (χ0) is 36.7. The van der Waals surface area contributed by atoms with Crippen molar-refractivity contribution in [3.8, 4) is 0 Å². The molecule has 0 saturated heterocycles. The summed E-state index contributed by atoms with van der Waals surface area (Å²) in [7, 11) is 4.09. The normalized spacial score (nSPS) is 10.3. The van der Waals surface area contributed by atoms with Crippen LogP contribution in [0.15, 0.2) is 84.9 Å². The Morgan fingerprint density at radius 1 is 0.780 bits per heavy atom. The molecule has 5 N–H and O–H groups in total. The number of carbonyl (C=O) groups is 3. The number of hydrogen-bond acceptors (Lipinski definition) is 9. The minimum atomic E-state index is -0.879. The number of carboxylic acid groups (broad SMARTS) is 2. The van der Waals surface area contributed by atoms with Crippen molar-refractivity contribution in [2.45, 2.75) is 58.8 Å². The first kappa shape index (κ1) is 40.9. The fourth-order valence-electron chi connectivity index (χ4n) is 4.63. The van der Waals surface area contributed by atoms with Gasteiger partial charge in [0.2, 0.25) is 5.95 Å². The number of unbranched alkanes of at least 4 members (excludes halogenated alkanes) is 3. The van der Waals surface area contributed by atoms with Crippen molar-refractivity contribution in [3.05, 3.63) is 118 Å². The van der Waals surface area contributed by atoms with E-state index in [0.717, 1.165) is 60.6 Å². The highest BCUT2D eigenvalue weighted by atomic mass is 16.5. The Labute approximate surface area is 295 Å². The van der Waals surface area contributed by atoms with Crippen LogP contribution < -0.4 is 11.1 Å². The quantitative estimate of drug-likeness (QED) is 0.0727. The first-order chi connectivity index (χ1) is 24.0. The number of nitrogen functional groups attached to an aromatic ring is 1. The van der Waals surface area contributed by atoms with Crippen LogP contribution in [0, 0.1) is 6.92 Å². The first-order valence-electron chi connectivity index (χ1n) is 16.8. The number of nitrogens with zero attached hydrogens (tertiary/aromatic N) is 3. The number of hydrogen-bond donors (Lipinski definition) is 4. The van der Waals surface area contributed by atoms with E-state index in [-0.39, 0.29) is 5.97 Å². The molecule has 0 saturated carbocycles. The number of nitrogens with one attached hydrogen (secondary N) is 1. The molecule has 50 heavy (non-hydrogen) atoms. The zero-order valence-corrected chi connectivity index (χ0v) is 29.6. The molecule has 0 spiro atoms. The number of anilines is 2. The van der Waals surface area contributed by atoms with E-state index in [1.54, 1.807) is 60.7 Å². The summed E-state index contributed by atoms with van der Waals surface area (Å²) in [6.45, 7) is 6.51. The summed E-state index contributed by atoms with van der Waals surface area (Å²) in [5, 5.41) is 20.2. The molecule has 0 unspecified atom stereocenters. The highest BCUT2D eigenvalue weighted by Crippen LogP contribution is 2.22. The smallest absolute Gasteiger partial charge is 0.335 e. The summed E-state index contributed by atoms with van der Waals surface area (Å²) in [5.74, 6) is -0.831. The van der Waals surface area contributed by atoms with Gasteiger partial charge >= 0.3 is 17.9 Å². The fourth-order valence-corrected chi connectivity index (χ4v) is 4.63. The number of benzene rings is 3. The summed E-state index contributed by atoms with van der Waals surface area (Å²) < 4.78 is 5.36. The summed E-state index contributed by atoms with van der Waals surface area (Å²) in [6, 6.07) is 24.7. The number of carbonyl (C=O) groups excluding carboxylic acids is 1. The van der Waals surface area contributed by atoms with Gasteiger partial charge in [0.05, 0.1) is 24.2 Å². The van der Waals surface area contributed by atoms with E-state index < -0.39 is 11.9 Å². The Kier molecular flexibility index (Phi) is 18.9. The third kappa shape index (κ3) is 16.7. The molecule has 11 heteroatoms. The molecule has 4 aromatic rings. The summed E-state index contributed by atoms with van der Waals surface area (Å²) >= 11 is 0. The minimum absolute atomic E-state index is 0.177. The van der Waals surface area contributed by atoms with Crippen molar-refractivity contribution in [1.82, 2.24) is 14.9 Å². The highest BCUT2D eigenvalue weighted by molar-refractivity contribution is 5.87. The molecule has 0 aliphatic carbocycles. The molecule has 0 aliphatic rings. The summed E-state index contributed by atoms with van der Waals surface area (Å²) in [5.41, 5.74) is 10.6. The van der Waals surface area contributed by atoms with Crippen molar-refractivity contribution in [3.63, 3.8) is 0 Å². The van der Waals surface area contributed by atoms with Crippen molar-refractivity contribution in [2.24, 2.45) is 0 Å². The summed E-state index contributed by atoms with van der Waals surface area (Å²) in [6.07, 6.45) is 6.37. The van der Waals surface area contributed by atoms with Crippen LogP contribution in [-0.2, 0) is 22.4 Å². The van der Waals surface area contributed by atoms with E-state index in [1.807, 2.05) is 33.2 Å². The monoisotopic (exact) mass is 685 g/mol. The minimum Gasteiger partial charge on any atom is -0.478 e. The lowest BCUT2D eigenvalue weighted by molar-refractivity contribution is -0.142. The second-order valence-electron chi connectivity index (χ2n) is 11.9. The topological polar surface area (TPSA) is 168 Å². The van der Waals surface area contributed by atoms with E-state index in [1.165, 1.54) is 12.8 Å². The van der Waals surface area contributed by atoms with Crippen LogP contribution >= 0.6 is 0 Å². The number of rotatable bonds is 16. The van der Waals surface area contributed by atoms with Crippen LogP contribution in [0.25, 0.3) is 0 Å². The standard InChI is InChI=1S/C25H39N5O2.2C7H6O2/c1-5-6-7-14-27-24-22(19(2)28-25(26)29-24)17-20-10-12-21(13-11-20)18-23(31)32-16-9-8-15-30(3)4;2*8-7(9)6-4-2-1-3-5-6/h10-13H,5-9,14-18H2,1-4H3,(H3,26,27,28,29);2*1-5H,(H,8,9). The van der Waals surface area contributed by atoms with Gasteiger partial charge in [-0.05, 0) is 82.2 Å². The Hall–Kier alpha value is -5.29. The number of aromatic carboxylic acids is 2. The first-order valence-corrected chi connectivity index (χ1v) is 16.8. The van der Waals surface area contributed by atoms with Crippen LogP contribution in [-0.4, -0.2) is 76.8 Å². The second kappa shape index (κ2) is 23.1. The van der Waals surface area contributed by atoms with Gasteiger partial charge in [0.1, 0.15) is 5.82 Å². The fraction of sp³-hybridized carbons (Fsp3) is 0.359. The van der Waals surface area contributed by atoms with E-state index in [4.69, 9.17) is 20.7 Å². The van der Waals surface area contributed by atoms with Gasteiger partial charge in [-0.3, -0.25) is 4.79 Å². The SMILES string of the molecule is CCCCCNc1nc(N)nc(C)c1Cc1ccc(CC(=O)OCCCCN(C)C)cc1.O=C(O)c1ccccc1.O=C(O)c1ccccc1. The van der Waals surface area contributed by atoms with Gasteiger partial charge in [0, 0.05) is 24.2 Å². The van der Waals surface area contributed by atoms with Crippen LogP contribution in [0.2, 0.25) is 0 Å². The molecule has 3 aromatic carbocycles. The molecule has 0 aliphatic heterocycles. The molecule has 268 valence electrons. The van der Waals surface area contributed by atoms with Gasteiger partial charge in [0.25, 0.3) is 0 Å². The van der Waals surface area contributed by atoms with Gasteiger partial charge in [-0.15, -0.1) is 0 Å². The number of nitrogens with two attached hydrogens (primary N) is 1. The highest BCUT2D eigenvalue weighted by Gasteiger charge is 2.12. The van der Waals surface area contributed by atoms with Crippen LogP contribution in [0.3, 0.4) is 0 Å². The lowest BCUT2D eigenvalue weighted by Crippen LogP contribution is -2.14. The lowest BCUT2D eigenvalue weighted by atomic mass is 10.0. The van der Waals surface area contributed by atoms with E-state index in [2.05, 4.69) is 39.2 Å². The van der Waals surface area contributed by atoms with Gasteiger partial charge in [0.15, 0.2) is 0 Å². The predicted octanol–water partition coefficient (Wildman–Crippen LogP) is 6.76. The molecule has 0 fully saturated rings. The Bertz CT molecular complexity index is 1530. The lowest BCUT2D eigenvalue weighted by Gasteiger charge is -2.14. The van der Waals surface area contributed by atoms with Gasteiger partial charge in [-0.25, -0.2) is 14.6 Å². The molecule has 1 aromatic heterocycles. The predicted molar refractivity (Wildman–Crippen MR) is 198 cm³/mol. The molecular weight excluding hydrogens is 634 g/mol. The molecular formula is C39H51N5O6. The molecule has 11 nitrogen and oxygen atoms in total. The number of aryl methyl sites for hydroxylation is 1. The van der Waals surface area contributed by atoms with Gasteiger partial charge in [-0.2, -0.15) is 4.98 Å². The maximum absolute atomic E-state index is 12.1. The molecule has 0 radical (unpaired) electrons. The van der Waals surface area contributed by atoms with Crippen molar-refractivity contribution >= 4 is 29.7 Å². The van der Waals surface area contributed by atoms with Crippen LogP contribution in [0.1, 0.15) is 82.1 Å². The maximum atomic E-state index is 12.1. The molecule has 1 heterocycles. The average Bonchev–Trinajstić information content (AvgIpc) is 3.10. The average molecular weight is 686 g/mol. The number of carboxylic acids is 2. The molecule has 0 amide bonds. The Balaban J connectivity index is 0.000000386. The second-order valence-corrected chi connectivity index (χ2v) is 11.9. The van der Waals surface area contributed by atoms with E-state index >= 15 is 0 Å². The van der Waals surface area contributed by atoms with Crippen molar-refractivity contribution in [1.29, 1.82) is 0 Å². The Morgan fingerprint density at radius 2 is 1.34 bits per heavy atom. The number of esters is 1. The van der Waals surface area contributed by atoms with Crippen molar-refractivity contribution in [2.75, 3.05) is 44.8 Å². The number of aromatic nitrogens is 2. The largest absolute Gasteiger partial charge is 0.478 e. The van der Waals surface area contributed by atoms with E-state index in [9.17, 15) is 14.4 Å². The van der Waals surface area contributed by atoms with E-state index in [0.29, 0.717) is 36.5 Å². The van der Waals surface area contributed by atoms with Crippen LogP contribution in [0.5, 0.6) is 0 Å². The molecule has 0 bridgehead atoms. The van der Waals surface area contributed by atoms with Gasteiger partial charge < -0.3 is 30.9 Å². The third-order valence-corrected chi connectivity index (χ3v) is 7.36. The van der Waals surface area contributed by atoms with Crippen molar-refractivity contribution < 1.29 is 29.3 Å². The molecule has 4 rings (SSSR count). The Morgan fingerprint density at radius 3 is 1.84 bits per heavy atom. The summed E-state index contributed by atoms with van der Waals surface area (Å²) in [4.78, 5) is 43.4. The third-order valence-electron chi connectivity index (χ3n) is 7.36. The zero-order valence-electron chi connectivity index (χ0n) is 29.6. The number of ether oxygens (including phenoxy) is 1. The molecule has 0 atom stereocenters. The van der Waals surface area contributed by atoms with Gasteiger partial charge in [-0.1, -0.05) is 80.4 Å².